The Hall–Kier alpha value is -0.530. The molecule has 1 saturated heterocycles. The number of piperidine rings is 1. The van der Waals surface area contributed by atoms with Crippen molar-refractivity contribution in [3.63, 3.8) is 0 Å². The summed E-state index contributed by atoms with van der Waals surface area (Å²) in [6.45, 7) is 9.58. The van der Waals surface area contributed by atoms with Gasteiger partial charge in [0, 0.05) is 31.7 Å². The topological polar surface area (TPSA) is 39.7 Å². The van der Waals surface area contributed by atoms with Crippen molar-refractivity contribution < 1.29 is 0 Å². The monoisotopic (exact) mass is 478 g/mol. The Bertz CT molecular complexity index is 528. The number of hydrogen-bond acceptors (Lipinski definition) is 2. The summed E-state index contributed by atoms with van der Waals surface area (Å²) >= 11 is 6.27. The van der Waals surface area contributed by atoms with E-state index in [9.17, 15) is 0 Å². The standard InChI is InChI=1S/C19H31ClN4.HI/c1-15(2)12-22-19(21-3)23-13-16-8-10-24(11-9-16)14-17-6-4-5-7-18(17)20;/h4-7,15-16H,8-14H2,1-3H3,(H2,21,22,23);1H. The highest BCUT2D eigenvalue weighted by atomic mass is 127. The summed E-state index contributed by atoms with van der Waals surface area (Å²) < 4.78 is 0. The van der Waals surface area contributed by atoms with Gasteiger partial charge in [-0.15, -0.1) is 24.0 Å². The highest BCUT2D eigenvalue weighted by molar-refractivity contribution is 14.0. The number of likely N-dealkylation sites (tertiary alicyclic amines) is 1. The number of nitrogens with zero attached hydrogens (tertiary/aromatic N) is 2. The Labute approximate surface area is 174 Å². The smallest absolute Gasteiger partial charge is 0.190 e. The lowest BCUT2D eigenvalue weighted by molar-refractivity contribution is 0.178. The summed E-state index contributed by atoms with van der Waals surface area (Å²) in [6, 6.07) is 8.15. The van der Waals surface area contributed by atoms with Gasteiger partial charge in [-0.25, -0.2) is 0 Å². The van der Waals surface area contributed by atoms with Crippen LogP contribution in [0, 0.1) is 11.8 Å². The van der Waals surface area contributed by atoms with E-state index in [2.05, 4.69) is 46.5 Å². The van der Waals surface area contributed by atoms with E-state index in [-0.39, 0.29) is 24.0 Å². The highest BCUT2D eigenvalue weighted by Gasteiger charge is 2.20. The van der Waals surface area contributed by atoms with E-state index in [1.54, 1.807) is 0 Å². The summed E-state index contributed by atoms with van der Waals surface area (Å²) in [5.41, 5.74) is 1.23. The minimum Gasteiger partial charge on any atom is -0.356 e. The molecule has 6 heteroatoms. The van der Waals surface area contributed by atoms with Crippen LogP contribution >= 0.6 is 35.6 Å². The van der Waals surface area contributed by atoms with Crippen molar-refractivity contribution in [2.24, 2.45) is 16.8 Å². The van der Waals surface area contributed by atoms with Gasteiger partial charge in [-0.2, -0.15) is 0 Å². The average Bonchev–Trinajstić information content (AvgIpc) is 2.58. The Morgan fingerprint density at radius 2 is 1.92 bits per heavy atom. The van der Waals surface area contributed by atoms with Gasteiger partial charge in [-0.3, -0.25) is 9.89 Å². The van der Waals surface area contributed by atoms with Gasteiger partial charge < -0.3 is 10.6 Å². The zero-order valence-corrected chi connectivity index (χ0v) is 18.7. The third kappa shape index (κ3) is 8.13. The lowest BCUT2D eigenvalue weighted by Gasteiger charge is -2.32. The van der Waals surface area contributed by atoms with E-state index in [0.29, 0.717) is 11.8 Å². The van der Waals surface area contributed by atoms with Gasteiger partial charge in [0.1, 0.15) is 0 Å². The maximum absolute atomic E-state index is 6.27. The van der Waals surface area contributed by atoms with Crippen LogP contribution in [0.25, 0.3) is 0 Å². The summed E-state index contributed by atoms with van der Waals surface area (Å²) in [6.07, 6.45) is 2.44. The van der Waals surface area contributed by atoms with E-state index < -0.39 is 0 Å². The van der Waals surface area contributed by atoms with Crippen LogP contribution in [0.15, 0.2) is 29.3 Å². The zero-order chi connectivity index (χ0) is 17.4. The number of aliphatic imine (C=N–C) groups is 1. The van der Waals surface area contributed by atoms with Crippen LogP contribution in [-0.4, -0.2) is 44.1 Å². The normalized spacial score (nSPS) is 16.6. The first-order chi connectivity index (χ1) is 11.6. The summed E-state index contributed by atoms with van der Waals surface area (Å²) in [5, 5.41) is 7.71. The predicted molar refractivity (Wildman–Crippen MR) is 119 cm³/mol. The molecule has 0 radical (unpaired) electrons. The van der Waals surface area contributed by atoms with Crippen LogP contribution in [0.2, 0.25) is 5.02 Å². The first-order valence-corrected chi connectivity index (χ1v) is 9.36. The van der Waals surface area contributed by atoms with Crippen molar-refractivity contribution in [2.75, 3.05) is 33.2 Å². The number of nitrogens with one attached hydrogen (secondary N) is 2. The quantitative estimate of drug-likeness (QED) is 0.369. The lowest BCUT2D eigenvalue weighted by Crippen LogP contribution is -2.43. The molecular formula is C19H32ClIN4. The number of rotatable bonds is 6. The van der Waals surface area contributed by atoms with Crippen molar-refractivity contribution in [2.45, 2.75) is 33.2 Å². The van der Waals surface area contributed by atoms with Crippen LogP contribution in [0.3, 0.4) is 0 Å². The molecule has 1 aliphatic heterocycles. The molecule has 0 atom stereocenters. The number of halogens is 2. The Balaban J connectivity index is 0.00000312. The van der Waals surface area contributed by atoms with Gasteiger partial charge in [0.15, 0.2) is 5.96 Å². The largest absolute Gasteiger partial charge is 0.356 e. The molecule has 0 spiro atoms. The minimum absolute atomic E-state index is 0. The van der Waals surface area contributed by atoms with Gasteiger partial charge in [-0.1, -0.05) is 43.6 Å². The van der Waals surface area contributed by atoms with E-state index in [1.165, 1.54) is 18.4 Å². The second-order valence-electron chi connectivity index (χ2n) is 7.04. The van der Waals surface area contributed by atoms with Crippen LogP contribution in [0.5, 0.6) is 0 Å². The molecule has 1 fully saturated rings. The lowest BCUT2D eigenvalue weighted by atomic mass is 9.96. The van der Waals surface area contributed by atoms with Crippen molar-refractivity contribution >= 4 is 41.5 Å². The van der Waals surface area contributed by atoms with Crippen LogP contribution in [-0.2, 0) is 6.54 Å². The third-order valence-electron chi connectivity index (χ3n) is 4.52. The molecule has 0 amide bonds. The van der Waals surface area contributed by atoms with E-state index >= 15 is 0 Å². The van der Waals surface area contributed by atoms with E-state index in [0.717, 1.165) is 43.7 Å². The third-order valence-corrected chi connectivity index (χ3v) is 4.89. The highest BCUT2D eigenvalue weighted by Crippen LogP contribution is 2.21. The molecule has 0 bridgehead atoms. The maximum Gasteiger partial charge on any atom is 0.190 e. The van der Waals surface area contributed by atoms with Crippen LogP contribution in [0.4, 0.5) is 0 Å². The number of hydrogen-bond donors (Lipinski definition) is 2. The molecule has 1 aliphatic rings. The number of benzene rings is 1. The fourth-order valence-corrected chi connectivity index (χ4v) is 3.17. The molecular weight excluding hydrogens is 447 g/mol. The SMILES string of the molecule is CN=C(NCC(C)C)NCC1CCN(Cc2ccccc2Cl)CC1.I. The summed E-state index contributed by atoms with van der Waals surface area (Å²) in [5.74, 6) is 2.25. The molecule has 142 valence electrons. The molecule has 2 rings (SSSR count). The van der Waals surface area contributed by atoms with Gasteiger partial charge in [0.25, 0.3) is 0 Å². The fourth-order valence-electron chi connectivity index (χ4n) is 2.98. The molecule has 1 aromatic rings. The van der Waals surface area contributed by atoms with Gasteiger partial charge in [-0.05, 0) is 49.4 Å². The van der Waals surface area contributed by atoms with Gasteiger partial charge in [0.05, 0.1) is 0 Å². The van der Waals surface area contributed by atoms with Gasteiger partial charge >= 0.3 is 0 Å². The maximum atomic E-state index is 6.27. The average molecular weight is 479 g/mol. The summed E-state index contributed by atoms with van der Waals surface area (Å²) in [4.78, 5) is 6.80. The molecule has 1 aromatic carbocycles. The van der Waals surface area contributed by atoms with Crippen molar-refractivity contribution in [1.29, 1.82) is 0 Å². The Morgan fingerprint density at radius 3 is 2.52 bits per heavy atom. The Morgan fingerprint density at radius 1 is 1.24 bits per heavy atom. The second-order valence-corrected chi connectivity index (χ2v) is 7.45. The molecule has 1 heterocycles. The second kappa shape index (κ2) is 12.0. The molecule has 2 N–H and O–H groups in total. The predicted octanol–water partition coefficient (Wildman–Crippen LogP) is 3.99. The van der Waals surface area contributed by atoms with Crippen molar-refractivity contribution in [1.82, 2.24) is 15.5 Å². The Kier molecular flexibility index (Phi) is 10.8. The molecule has 0 unspecified atom stereocenters. The van der Waals surface area contributed by atoms with Crippen molar-refractivity contribution in [3.05, 3.63) is 34.9 Å². The summed E-state index contributed by atoms with van der Waals surface area (Å²) in [7, 11) is 1.84. The molecule has 4 nitrogen and oxygen atoms in total. The first kappa shape index (κ1) is 22.5. The fraction of sp³-hybridized carbons (Fsp3) is 0.632. The van der Waals surface area contributed by atoms with E-state index in [4.69, 9.17) is 11.6 Å². The van der Waals surface area contributed by atoms with E-state index in [1.807, 2.05) is 19.2 Å². The first-order valence-electron chi connectivity index (χ1n) is 8.98. The number of guanidine groups is 1. The molecule has 0 aliphatic carbocycles. The zero-order valence-electron chi connectivity index (χ0n) is 15.6. The van der Waals surface area contributed by atoms with Crippen molar-refractivity contribution in [3.8, 4) is 0 Å². The molecule has 25 heavy (non-hydrogen) atoms. The van der Waals surface area contributed by atoms with Crippen LogP contribution < -0.4 is 10.6 Å². The van der Waals surface area contributed by atoms with Crippen LogP contribution in [0.1, 0.15) is 32.3 Å². The molecule has 0 aromatic heterocycles. The minimum atomic E-state index is 0. The molecule has 0 saturated carbocycles. The van der Waals surface area contributed by atoms with Gasteiger partial charge in [0.2, 0.25) is 0 Å².